The van der Waals surface area contributed by atoms with Crippen LogP contribution in [0.1, 0.15) is 32.1 Å². The summed E-state index contributed by atoms with van der Waals surface area (Å²) < 4.78 is 0. The van der Waals surface area contributed by atoms with E-state index in [-0.39, 0.29) is 0 Å². The maximum Gasteiger partial charge on any atom is 0.00399 e. The molecule has 0 bridgehead atoms. The highest BCUT2D eigenvalue weighted by atomic mass is 14.7. The van der Waals surface area contributed by atoms with Gasteiger partial charge in [0.25, 0.3) is 0 Å². The normalized spacial score (nSPS) is 38.6. The molecular weight excluding hydrogens is 134 g/mol. The first-order valence-corrected chi connectivity index (χ1v) is 4.78. The van der Waals surface area contributed by atoms with Gasteiger partial charge >= 0.3 is 0 Å². The molecule has 3 aliphatic rings. The molecule has 2 saturated carbocycles. The summed E-state index contributed by atoms with van der Waals surface area (Å²) in [6.07, 6.45) is 11.6. The minimum atomic E-state index is 0.583. The Morgan fingerprint density at radius 1 is 1.09 bits per heavy atom. The Hall–Kier alpha value is -0.300. The molecule has 2 unspecified atom stereocenters. The fraction of sp³-hybridized carbons (Fsp3) is 0.800. The van der Waals surface area contributed by atoms with E-state index >= 15 is 0 Å². The van der Waals surface area contributed by atoms with E-state index in [9.17, 15) is 0 Å². The Bertz CT molecular complexity index is 158. The zero-order chi connectivity index (χ0) is 7.68. The summed E-state index contributed by atoms with van der Waals surface area (Å²) in [5, 5.41) is 0. The van der Waals surface area contributed by atoms with Crippen LogP contribution in [-0.2, 0) is 0 Å². The number of nitrogens with two attached hydrogens (primary N) is 1. The van der Waals surface area contributed by atoms with Crippen molar-refractivity contribution in [3.05, 3.63) is 12.2 Å². The average molecular weight is 151 g/mol. The molecule has 62 valence electrons. The van der Waals surface area contributed by atoms with E-state index in [0.717, 1.165) is 11.8 Å². The molecule has 0 aromatic carbocycles. The number of allylic oxidation sites excluding steroid dienone is 2. The molecule has 0 aliphatic heterocycles. The van der Waals surface area contributed by atoms with Gasteiger partial charge < -0.3 is 5.73 Å². The monoisotopic (exact) mass is 151 g/mol. The second-order valence-corrected chi connectivity index (χ2v) is 4.00. The number of hydrogen-bond donors (Lipinski definition) is 1. The molecule has 0 spiro atoms. The molecule has 0 radical (unpaired) electrons. The Kier molecular flexibility index (Phi) is 1.99. The highest BCUT2D eigenvalue weighted by Gasteiger charge is 2.30. The molecule has 1 heteroatoms. The van der Waals surface area contributed by atoms with Crippen molar-refractivity contribution in [2.24, 2.45) is 17.6 Å². The third kappa shape index (κ3) is 1.84. The molecule has 11 heavy (non-hydrogen) atoms. The van der Waals surface area contributed by atoms with E-state index in [0.29, 0.717) is 6.04 Å². The van der Waals surface area contributed by atoms with Crippen LogP contribution in [0.25, 0.3) is 0 Å². The van der Waals surface area contributed by atoms with Crippen LogP contribution in [0.15, 0.2) is 12.2 Å². The van der Waals surface area contributed by atoms with Crippen LogP contribution in [-0.4, -0.2) is 6.04 Å². The van der Waals surface area contributed by atoms with Crippen molar-refractivity contribution in [1.29, 1.82) is 0 Å². The van der Waals surface area contributed by atoms with Crippen LogP contribution < -0.4 is 5.73 Å². The van der Waals surface area contributed by atoms with Gasteiger partial charge in [-0.2, -0.15) is 0 Å². The van der Waals surface area contributed by atoms with Crippen molar-refractivity contribution in [3.8, 4) is 0 Å². The van der Waals surface area contributed by atoms with E-state index in [1.54, 1.807) is 0 Å². The van der Waals surface area contributed by atoms with E-state index < -0.39 is 0 Å². The number of rotatable bonds is 0. The topological polar surface area (TPSA) is 26.0 Å². The van der Waals surface area contributed by atoms with Gasteiger partial charge in [-0.3, -0.25) is 0 Å². The highest BCUT2D eigenvalue weighted by molar-refractivity contribution is 5.05. The molecule has 0 amide bonds. The molecule has 3 aliphatic carbocycles. The zero-order valence-corrected chi connectivity index (χ0v) is 7.00. The third-order valence-corrected chi connectivity index (χ3v) is 2.92. The summed E-state index contributed by atoms with van der Waals surface area (Å²) in [5.74, 6) is 2.10. The maximum atomic E-state index is 5.22. The molecule has 2 N–H and O–H groups in total. The SMILES string of the molecule is C1=CC2CCC2C1.NC1CC1. The van der Waals surface area contributed by atoms with Gasteiger partial charge in [-0.1, -0.05) is 12.2 Å². The third-order valence-electron chi connectivity index (χ3n) is 2.92. The average Bonchev–Trinajstić information content (AvgIpc) is 2.64. The first kappa shape index (κ1) is 7.35. The van der Waals surface area contributed by atoms with Gasteiger partial charge in [0.2, 0.25) is 0 Å². The van der Waals surface area contributed by atoms with E-state index in [1.807, 2.05) is 0 Å². The molecular formula is C10H17N. The molecule has 2 fully saturated rings. The lowest BCUT2D eigenvalue weighted by molar-refractivity contribution is 0.249. The van der Waals surface area contributed by atoms with Crippen LogP contribution in [0.3, 0.4) is 0 Å². The molecule has 0 aromatic rings. The second-order valence-electron chi connectivity index (χ2n) is 4.00. The molecule has 2 atom stereocenters. The van der Waals surface area contributed by atoms with Crippen molar-refractivity contribution in [2.45, 2.75) is 38.1 Å². The van der Waals surface area contributed by atoms with Gasteiger partial charge in [0.15, 0.2) is 0 Å². The minimum absolute atomic E-state index is 0.583. The molecule has 0 heterocycles. The number of fused-ring (bicyclic) bond motifs is 1. The second kappa shape index (κ2) is 2.98. The summed E-state index contributed by atoms with van der Waals surface area (Å²) >= 11 is 0. The van der Waals surface area contributed by atoms with Gasteiger partial charge in [0.05, 0.1) is 0 Å². The molecule has 1 nitrogen and oxygen atoms in total. The fourth-order valence-electron chi connectivity index (χ4n) is 1.67. The lowest BCUT2D eigenvalue weighted by Crippen LogP contribution is -2.18. The van der Waals surface area contributed by atoms with Gasteiger partial charge in [-0.05, 0) is 43.9 Å². The Labute approximate surface area is 68.7 Å². The quantitative estimate of drug-likeness (QED) is 0.527. The maximum absolute atomic E-state index is 5.22. The zero-order valence-electron chi connectivity index (χ0n) is 7.00. The summed E-state index contributed by atoms with van der Waals surface area (Å²) in [7, 11) is 0. The minimum Gasteiger partial charge on any atom is -0.328 e. The van der Waals surface area contributed by atoms with E-state index in [1.165, 1.54) is 32.1 Å². The summed E-state index contributed by atoms with van der Waals surface area (Å²) in [6, 6.07) is 0.583. The van der Waals surface area contributed by atoms with Crippen molar-refractivity contribution >= 4 is 0 Å². The highest BCUT2D eigenvalue weighted by Crippen LogP contribution is 2.41. The van der Waals surface area contributed by atoms with Gasteiger partial charge in [0, 0.05) is 6.04 Å². The van der Waals surface area contributed by atoms with Crippen LogP contribution in [0.2, 0.25) is 0 Å². The van der Waals surface area contributed by atoms with Crippen LogP contribution in [0.4, 0.5) is 0 Å². The molecule has 0 saturated heterocycles. The van der Waals surface area contributed by atoms with Crippen LogP contribution >= 0.6 is 0 Å². The lowest BCUT2D eigenvalue weighted by Gasteiger charge is -2.29. The Morgan fingerprint density at radius 2 is 1.82 bits per heavy atom. The molecule has 3 rings (SSSR count). The largest absolute Gasteiger partial charge is 0.328 e. The lowest BCUT2D eigenvalue weighted by atomic mass is 9.76. The standard InChI is InChI=1S/C7H10.C3H7N/c1-2-6-4-5-7(6)3-1;4-3-1-2-3/h1-2,6-7H,3-5H2;3H,1-2,4H2. The van der Waals surface area contributed by atoms with Crippen LogP contribution in [0.5, 0.6) is 0 Å². The van der Waals surface area contributed by atoms with Gasteiger partial charge in [0.1, 0.15) is 0 Å². The van der Waals surface area contributed by atoms with Gasteiger partial charge in [-0.25, -0.2) is 0 Å². The van der Waals surface area contributed by atoms with Crippen molar-refractivity contribution in [1.82, 2.24) is 0 Å². The van der Waals surface area contributed by atoms with Crippen molar-refractivity contribution in [2.75, 3.05) is 0 Å². The molecule has 0 aromatic heterocycles. The van der Waals surface area contributed by atoms with Crippen molar-refractivity contribution in [3.63, 3.8) is 0 Å². The predicted octanol–water partition coefficient (Wildman–Crippen LogP) is 2.08. The van der Waals surface area contributed by atoms with Crippen LogP contribution in [0, 0.1) is 11.8 Å². The Morgan fingerprint density at radius 3 is 2.00 bits per heavy atom. The Balaban J connectivity index is 0.000000103. The summed E-state index contributed by atoms with van der Waals surface area (Å²) in [5.41, 5.74) is 5.22. The van der Waals surface area contributed by atoms with Crippen molar-refractivity contribution < 1.29 is 0 Å². The first-order chi connectivity index (χ1) is 5.36. The predicted molar refractivity (Wildman–Crippen MR) is 47.2 cm³/mol. The smallest absolute Gasteiger partial charge is 0.00399 e. The summed E-state index contributed by atoms with van der Waals surface area (Å²) in [4.78, 5) is 0. The first-order valence-electron chi connectivity index (χ1n) is 4.78. The van der Waals surface area contributed by atoms with Gasteiger partial charge in [-0.15, -0.1) is 0 Å². The van der Waals surface area contributed by atoms with E-state index in [4.69, 9.17) is 5.73 Å². The summed E-state index contributed by atoms with van der Waals surface area (Å²) in [6.45, 7) is 0. The van der Waals surface area contributed by atoms with E-state index in [2.05, 4.69) is 12.2 Å². The fourth-order valence-corrected chi connectivity index (χ4v) is 1.67. The number of hydrogen-bond acceptors (Lipinski definition) is 1.